The Labute approximate surface area is 154 Å². The van der Waals surface area contributed by atoms with Crippen LogP contribution in [0.2, 0.25) is 0 Å². The second-order valence-electron chi connectivity index (χ2n) is 6.91. The molecule has 1 aromatic carbocycles. The summed E-state index contributed by atoms with van der Waals surface area (Å²) >= 11 is 0. The molecule has 0 aromatic heterocycles. The molecule has 3 rings (SSSR count). The van der Waals surface area contributed by atoms with Crippen LogP contribution in [0.1, 0.15) is 24.5 Å². The average molecular weight is 362 g/mol. The number of methoxy groups -OCH3 is 1. The quantitative estimate of drug-likeness (QED) is 0.407. The lowest BCUT2D eigenvalue weighted by molar-refractivity contribution is 0.166. The number of benzene rings is 1. The number of urea groups is 1. The van der Waals surface area contributed by atoms with E-state index in [-0.39, 0.29) is 24.5 Å². The van der Waals surface area contributed by atoms with Crippen molar-refractivity contribution < 1.29 is 9.53 Å². The topological polar surface area (TPSA) is 98.5 Å². The molecular weight excluding hydrogens is 332 g/mol. The lowest BCUT2D eigenvalue weighted by Crippen LogP contribution is -2.67. The summed E-state index contributed by atoms with van der Waals surface area (Å²) in [6.45, 7) is 5.41. The van der Waals surface area contributed by atoms with Crippen LogP contribution in [0.3, 0.4) is 0 Å². The lowest BCUT2D eigenvalue weighted by Gasteiger charge is -2.36. The van der Waals surface area contributed by atoms with E-state index < -0.39 is 0 Å². The summed E-state index contributed by atoms with van der Waals surface area (Å²) in [6, 6.07) is 6.15. The van der Waals surface area contributed by atoms with Crippen molar-refractivity contribution in [3.63, 3.8) is 0 Å². The number of rotatable bonds is 6. The van der Waals surface area contributed by atoms with Crippen molar-refractivity contribution in [2.45, 2.75) is 44.8 Å². The minimum atomic E-state index is -0.291. The van der Waals surface area contributed by atoms with Crippen LogP contribution in [0, 0.1) is 0 Å². The van der Waals surface area contributed by atoms with E-state index in [1.54, 1.807) is 7.11 Å². The molecule has 2 amide bonds. The smallest absolute Gasteiger partial charge is 0.321 e. The van der Waals surface area contributed by atoms with Crippen LogP contribution in [0.15, 0.2) is 18.2 Å². The summed E-state index contributed by atoms with van der Waals surface area (Å²) in [5.74, 6) is 0. The van der Waals surface area contributed by atoms with Gasteiger partial charge in [-0.2, -0.15) is 0 Å². The first kappa shape index (κ1) is 19.1. The molecule has 26 heavy (non-hydrogen) atoms. The van der Waals surface area contributed by atoms with Crippen LogP contribution in [0.4, 0.5) is 10.5 Å². The van der Waals surface area contributed by atoms with Crippen LogP contribution in [0.5, 0.6) is 0 Å². The zero-order valence-electron chi connectivity index (χ0n) is 15.5. The third-order valence-corrected chi connectivity index (χ3v) is 4.73. The molecule has 6 N–H and O–H groups in total. The van der Waals surface area contributed by atoms with Crippen molar-refractivity contribution in [2.24, 2.45) is 0 Å². The first-order valence-electron chi connectivity index (χ1n) is 9.28. The third kappa shape index (κ3) is 5.39. The Kier molecular flexibility index (Phi) is 6.81. The number of hydrogen-bond acceptors (Lipinski definition) is 6. The van der Waals surface area contributed by atoms with Gasteiger partial charge in [0.15, 0.2) is 0 Å². The van der Waals surface area contributed by atoms with E-state index in [1.807, 2.05) is 6.07 Å². The molecule has 8 nitrogen and oxygen atoms in total. The summed E-state index contributed by atoms with van der Waals surface area (Å²) in [5.41, 5.74) is 3.42. The van der Waals surface area contributed by atoms with E-state index in [2.05, 4.69) is 51.0 Å². The first-order valence-corrected chi connectivity index (χ1v) is 9.28. The molecule has 0 spiro atoms. The summed E-state index contributed by atoms with van der Waals surface area (Å²) in [4.78, 5) is 12.4. The first-order chi connectivity index (χ1) is 12.6. The molecule has 144 valence electrons. The van der Waals surface area contributed by atoms with Gasteiger partial charge in [-0.15, -0.1) is 0 Å². The van der Waals surface area contributed by atoms with Gasteiger partial charge in [-0.1, -0.05) is 6.07 Å². The highest BCUT2D eigenvalue weighted by atomic mass is 16.5. The van der Waals surface area contributed by atoms with Crippen LogP contribution in [-0.2, 0) is 17.7 Å². The van der Waals surface area contributed by atoms with E-state index in [1.165, 1.54) is 11.1 Å². The van der Waals surface area contributed by atoms with Gasteiger partial charge in [-0.05, 0) is 49.6 Å². The van der Waals surface area contributed by atoms with Gasteiger partial charge in [0.2, 0.25) is 0 Å². The van der Waals surface area contributed by atoms with E-state index in [4.69, 9.17) is 4.74 Å². The van der Waals surface area contributed by atoms with Crippen molar-refractivity contribution in [3.8, 4) is 0 Å². The fourth-order valence-electron chi connectivity index (χ4n) is 3.44. The highest BCUT2D eigenvalue weighted by molar-refractivity contribution is 5.89. The predicted molar refractivity (Wildman–Crippen MR) is 102 cm³/mol. The SMILES string of the molecule is COCCNC1CC(C)NC(NC(=O)Nc2ccc3c(c2)CCNC3)N1. The monoisotopic (exact) mass is 362 g/mol. The highest BCUT2D eigenvalue weighted by Gasteiger charge is 2.25. The Bertz CT molecular complexity index is 611. The van der Waals surface area contributed by atoms with E-state index in [0.29, 0.717) is 6.61 Å². The number of carbonyl (C=O) groups is 1. The predicted octanol–water partition coefficient (Wildman–Crippen LogP) is 0.271. The zero-order valence-corrected chi connectivity index (χ0v) is 15.5. The van der Waals surface area contributed by atoms with Crippen molar-refractivity contribution >= 4 is 11.7 Å². The van der Waals surface area contributed by atoms with Crippen molar-refractivity contribution in [3.05, 3.63) is 29.3 Å². The normalized spacial score (nSPS) is 25.4. The highest BCUT2D eigenvalue weighted by Crippen LogP contribution is 2.19. The summed E-state index contributed by atoms with van der Waals surface area (Å²) < 4.78 is 5.07. The van der Waals surface area contributed by atoms with Crippen LogP contribution >= 0.6 is 0 Å². The van der Waals surface area contributed by atoms with Gasteiger partial charge in [0.1, 0.15) is 6.29 Å². The standard InChI is InChI=1S/C18H30N6O2/c1-12-9-16(20-7-8-26-2)23-17(21-12)24-18(25)22-15-4-3-14-11-19-6-5-13(14)10-15/h3-4,10,12,16-17,19-21,23H,5-9,11H2,1-2H3,(H2,22,24,25). The fourth-order valence-corrected chi connectivity index (χ4v) is 3.44. The van der Waals surface area contributed by atoms with E-state index >= 15 is 0 Å². The molecular formula is C18H30N6O2. The number of carbonyl (C=O) groups excluding carboxylic acids is 1. The Morgan fingerprint density at radius 2 is 2.19 bits per heavy atom. The summed E-state index contributed by atoms with van der Waals surface area (Å²) in [7, 11) is 1.69. The Morgan fingerprint density at radius 1 is 1.31 bits per heavy atom. The molecule has 2 heterocycles. The maximum absolute atomic E-state index is 12.4. The number of ether oxygens (including phenoxy) is 1. The third-order valence-electron chi connectivity index (χ3n) is 4.73. The average Bonchev–Trinajstić information content (AvgIpc) is 2.61. The molecule has 2 aliphatic heterocycles. The number of amides is 2. The molecule has 3 atom stereocenters. The van der Waals surface area contributed by atoms with Gasteiger partial charge in [-0.3, -0.25) is 16.0 Å². The zero-order chi connectivity index (χ0) is 18.4. The molecule has 8 heteroatoms. The van der Waals surface area contributed by atoms with Crippen LogP contribution in [0.25, 0.3) is 0 Å². The molecule has 1 fully saturated rings. The maximum atomic E-state index is 12.4. The molecule has 1 saturated heterocycles. The van der Waals surface area contributed by atoms with E-state index in [9.17, 15) is 4.79 Å². The minimum Gasteiger partial charge on any atom is -0.383 e. The largest absolute Gasteiger partial charge is 0.383 e. The van der Waals surface area contributed by atoms with Gasteiger partial charge in [0.05, 0.1) is 12.8 Å². The molecule has 0 aliphatic carbocycles. The number of hydrogen-bond donors (Lipinski definition) is 6. The second-order valence-corrected chi connectivity index (χ2v) is 6.91. The second kappa shape index (κ2) is 9.29. The van der Waals surface area contributed by atoms with Gasteiger partial charge >= 0.3 is 6.03 Å². The minimum absolute atomic E-state index is 0.128. The number of anilines is 1. The van der Waals surface area contributed by atoms with Gasteiger partial charge in [-0.25, -0.2) is 4.79 Å². The Hall–Kier alpha value is -1.71. The molecule has 1 aromatic rings. The Balaban J connectivity index is 1.50. The molecule has 0 saturated carbocycles. The summed E-state index contributed by atoms with van der Waals surface area (Å²) in [6.07, 6.45) is 1.76. The Morgan fingerprint density at radius 3 is 3.04 bits per heavy atom. The van der Waals surface area contributed by atoms with Crippen molar-refractivity contribution in [2.75, 3.05) is 32.1 Å². The van der Waals surface area contributed by atoms with Crippen LogP contribution < -0.4 is 31.9 Å². The summed E-state index contributed by atoms with van der Waals surface area (Å²) in [5, 5.41) is 19.3. The van der Waals surface area contributed by atoms with Gasteiger partial charge in [0.25, 0.3) is 0 Å². The fraction of sp³-hybridized carbons (Fsp3) is 0.611. The number of fused-ring (bicyclic) bond motifs is 1. The lowest BCUT2D eigenvalue weighted by atomic mass is 10.0. The molecule has 3 unspecified atom stereocenters. The van der Waals surface area contributed by atoms with Crippen molar-refractivity contribution in [1.29, 1.82) is 0 Å². The number of nitrogens with one attached hydrogen (secondary N) is 6. The van der Waals surface area contributed by atoms with Crippen molar-refractivity contribution in [1.82, 2.24) is 26.6 Å². The van der Waals surface area contributed by atoms with Crippen LogP contribution in [-0.4, -0.2) is 51.3 Å². The van der Waals surface area contributed by atoms with Gasteiger partial charge in [0, 0.05) is 31.9 Å². The van der Waals surface area contributed by atoms with E-state index in [0.717, 1.165) is 38.2 Å². The van der Waals surface area contributed by atoms with Gasteiger partial charge < -0.3 is 20.7 Å². The molecule has 0 bridgehead atoms. The molecule has 2 aliphatic rings. The maximum Gasteiger partial charge on any atom is 0.321 e. The molecule has 0 radical (unpaired) electrons.